The number of hydrogen-bond donors (Lipinski definition) is 2. The van der Waals surface area contributed by atoms with Crippen molar-refractivity contribution in [3.63, 3.8) is 0 Å². The standard InChI is InChI=1S/C11H14BrNO/c12-9-3-1-8(2-4-9)7-13-10-5-6-11(10)14/h1-4,10-11,13-14H,5-7H2/t10-,11-/m0/s1. The highest BCUT2D eigenvalue weighted by molar-refractivity contribution is 9.10. The van der Waals surface area contributed by atoms with E-state index in [0.717, 1.165) is 23.9 Å². The van der Waals surface area contributed by atoms with E-state index in [4.69, 9.17) is 0 Å². The van der Waals surface area contributed by atoms with Crippen LogP contribution >= 0.6 is 15.9 Å². The Hall–Kier alpha value is -0.380. The Morgan fingerprint density at radius 3 is 2.50 bits per heavy atom. The van der Waals surface area contributed by atoms with Gasteiger partial charge in [-0.2, -0.15) is 0 Å². The lowest BCUT2D eigenvalue weighted by Crippen LogP contribution is -2.47. The maximum Gasteiger partial charge on any atom is 0.0693 e. The van der Waals surface area contributed by atoms with Gasteiger partial charge in [-0.05, 0) is 30.5 Å². The molecule has 0 saturated heterocycles. The summed E-state index contributed by atoms with van der Waals surface area (Å²) in [6, 6.07) is 8.55. The highest BCUT2D eigenvalue weighted by Gasteiger charge is 2.27. The molecule has 1 aliphatic rings. The molecule has 2 nitrogen and oxygen atoms in total. The van der Waals surface area contributed by atoms with E-state index in [2.05, 4.69) is 33.4 Å². The molecule has 0 radical (unpaired) electrons. The fourth-order valence-electron chi connectivity index (χ4n) is 1.57. The molecule has 0 unspecified atom stereocenters. The summed E-state index contributed by atoms with van der Waals surface area (Å²) >= 11 is 3.40. The normalized spacial score (nSPS) is 25.9. The second-order valence-electron chi connectivity index (χ2n) is 3.76. The first-order valence-electron chi connectivity index (χ1n) is 4.91. The molecule has 1 aromatic carbocycles. The molecule has 0 spiro atoms. The lowest BCUT2D eigenvalue weighted by atomic mass is 9.89. The Morgan fingerprint density at radius 2 is 2.00 bits per heavy atom. The van der Waals surface area contributed by atoms with E-state index in [-0.39, 0.29) is 6.10 Å². The van der Waals surface area contributed by atoms with Gasteiger partial charge in [-0.25, -0.2) is 0 Å². The Bertz CT molecular complexity index is 299. The molecule has 2 atom stereocenters. The minimum atomic E-state index is -0.134. The summed E-state index contributed by atoms with van der Waals surface area (Å²) in [5.74, 6) is 0. The predicted octanol–water partition coefficient (Wildman–Crippen LogP) is 2.06. The topological polar surface area (TPSA) is 32.3 Å². The van der Waals surface area contributed by atoms with Crippen LogP contribution in [0.15, 0.2) is 28.7 Å². The van der Waals surface area contributed by atoms with Crippen LogP contribution in [-0.4, -0.2) is 17.3 Å². The second kappa shape index (κ2) is 4.43. The summed E-state index contributed by atoms with van der Waals surface area (Å²) < 4.78 is 1.10. The summed E-state index contributed by atoms with van der Waals surface area (Å²) in [5, 5.41) is 12.7. The van der Waals surface area contributed by atoms with Crippen molar-refractivity contribution in [2.24, 2.45) is 0 Å². The minimum Gasteiger partial charge on any atom is -0.392 e. The number of aliphatic hydroxyl groups is 1. The van der Waals surface area contributed by atoms with Gasteiger partial charge in [0.05, 0.1) is 6.10 Å². The fraction of sp³-hybridized carbons (Fsp3) is 0.455. The van der Waals surface area contributed by atoms with E-state index in [1.54, 1.807) is 0 Å². The monoisotopic (exact) mass is 255 g/mol. The molecule has 0 heterocycles. The van der Waals surface area contributed by atoms with Gasteiger partial charge < -0.3 is 10.4 Å². The molecule has 0 aliphatic heterocycles. The van der Waals surface area contributed by atoms with Crippen LogP contribution in [0, 0.1) is 0 Å². The SMILES string of the molecule is O[C@H]1CC[C@@H]1NCc1ccc(Br)cc1. The number of benzene rings is 1. The largest absolute Gasteiger partial charge is 0.392 e. The van der Waals surface area contributed by atoms with E-state index in [1.807, 2.05) is 12.1 Å². The highest BCUT2D eigenvalue weighted by atomic mass is 79.9. The Balaban J connectivity index is 1.83. The smallest absolute Gasteiger partial charge is 0.0693 e. The summed E-state index contributed by atoms with van der Waals surface area (Å²) in [7, 11) is 0. The van der Waals surface area contributed by atoms with Gasteiger partial charge in [-0.3, -0.25) is 0 Å². The van der Waals surface area contributed by atoms with Crippen molar-refractivity contribution in [3.8, 4) is 0 Å². The summed E-state index contributed by atoms with van der Waals surface area (Å²) in [6.45, 7) is 0.842. The van der Waals surface area contributed by atoms with Crippen LogP contribution in [0.4, 0.5) is 0 Å². The van der Waals surface area contributed by atoms with Crippen molar-refractivity contribution in [3.05, 3.63) is 34.3 Å². The average molecular weight is 256 g/mol. The molecule has 1 fully saturated rings. The van der Waals surface area contributed by atoms with Crippen LogP contribution in [0.1, 0.15) is 18.4 Å². The molecule has 0 amide bonds. The number of hydrogen-bond acceptors (Lipinski definition) is 2. The third kappa shape index (κ3) is 2.35. The van der Waals surface area contributed by atoms with E-state index in [9.17, 15) is 5.11 Å². The Labute approximate surface area is 92.5 Å². The van der Waals surface area contributed by atoms with Gasteiger partial charge in [0.25, 0.3) is 0 Å². The number of nitrogens with one attached hydrogen (secondary N) is 1. The molecule has 2 rings (SSSR count). The van der Waals surface area contributed by atoms with Crippen LogP contribution < -0.4 is 5.32 Å². The van der Waals surface area contributed by atoms with Crippen LogP contribution in [0.25, 0.3) is 0 Å². The van der Waals surface area contributed by atoms with Crippen LogP contribution in [-0.2, 0) is 6.54 Å². The van der Waals surface area contributed by atoms with Crippen LogP contribution in [0.2, 0.25) is 0 Å². The van der Waals surface area contributed by atoms with Crippen LogP contribution in [0.3, 0.4) is 0 Å². The van der Waals surface area contributed by atoms with Gasteiger partial charge in [-0.15, -0.1) is 0 Å². The molecular formula is C11H14BrNO. The summed E-state index contributed by atoms with van der Waals surface area (Å²) in [4.78, 5) is 0. The maximum absolute atomic E-state index is 9.36. The zero-order valence-corrected chi connectivity index (χ0v) is 9.50. The molecule has 3 heteroatoms. The van der Waals surface area contributed by atoms with Gasteiger partial charge in [0, 0.05) is 17.1 Å². The molecule has 1 aromatic rings. The van der Waals surface area contributed by atoms with Crippen molar-refractivity contribution >= 4 is 15.9 Å². The summed E-state index contributed by atoms with van der Waals surface area (Å²) in [5.41, 5.74) is 1.26. The first-order chi connectivity index (χ1) is 6.75. The number of rotatable bonds is 3. The lowest BCUT2D eigenvalue weighted by Gasteiger charge is -2.33. The first-order valence-corrected chi connectivity index (χ1v) is 5.71. The third-order valence-electron chi connectivity index (χ3n) is 2.72. The van der Waals surface area contributed by atoms with Gasteiger partial charge in [-0.1, -0.05) is 28.1 Å². The molecular weight excluding hydrogens is 242 g/mol. The van der Waals surface area contributed by atoms with E-state index < -0.39 is 0 Å². The maximum atomic E-state index is 9.36. The molecule has 1 aliphatic carbocycles. The average Bonchev–Trinajstić information content (AvgIpc) is 2.19. The van der Waals surface area contributed by atoms with Crippen molar-refractivity contribution in [1.82, 2.24) is 5.32 Å². The molecule has 0 bridgehead atoms. The zero-order chi connectivity index (χ0) is 9.97. The molecule has 0 aromatic heterocycles. The van der Waals surface area contributed by atoms with Crippen molar-refractivity contribution in [2.45, 2.75) is 31.5 Å². The van der Waals surface area contributed by atoms with E-state index >= 15 is 0 Å². The predicted molar refractivity (Wildman–Crippen MR) is 60.0 cm³/mol. The quantitative estimate of drug-likeness (QED) is 0.867. The highest BCUT2D eigenvalue weighted by Crippen LogP contribution is 2.20. The lowest BCUT2D eigenvalue weighted by molar-refractivity contribution is 0.0493. The van der Waals surface area contributed by atoms with Gasteiger partial charge in [0.2, 0.25) is 0 Å². The molecule has 2 N–H and O–H groups in total. The van der Waals surface area contributed by atoms with E-state index in [1.165, 1.54) is 5.56 Å². The molecule has 1 saturated carbocycles. The molecule has 14 heavy (non-hydrogen) atoms. The Kier molecular flexibility index (Phi) is 3.21. The van der Waals surface area contributed by atoms with Crippen molar-refractivity contribution < 1.29 is 5.11 Å². The molecule has 76 valence electrons. The van der Waals surface area contributed by atoms with Gasteiger partial charge in [0.15, 0.2) is 0 Å². The number of aliphatic hydroxyl groups excluding tert-OH is 1. The van der Waals surface area contributed by atoms with Crippen molar-refractivity contribution in [1.29, 1.82) is 0 Å². The third-order valence-corrected chi connectivity index (χ3v) is 3.25. The van der Waals surface area contributed by atoms with Gasteiger partial charge >= 0.3 is 0 Å². The summed E-state index contributed by atoms with van der Waals surface area (Å²) in [6.07, 6.45) is 1.90. The fourth-order valence-corrected chi connectivity index (χ4v) is 1.84. The second-order valence-corrected chi connectivity index (χ2v) is 4.67. The first kappa shape index (κ1) is 10.1. The minimum absolute atomic E-state index is 0.134. The Morgan fingerprint density at radius 1 is 1.29 bits per heavy atom. The van der Waals surface area contributed by atoms with Crippen molar-refractivity contribution in [2.75, 3.05) is 0 Å². The number of halogens is 1. The van der Waals surface area contributed by atoms with Crippen LogP contribution in [0.5, 0.6) is 0 Å². The zero-order valence-electron chi connectivity index (χ0n) is 7.91. The van der Waals surface area contributed by atoms with Gasteiger partial charge in [0.1, 0.15) is 0 Å². The van der Waals surface area contributed by atoms with E-state index in [0.29, 0.717) is 6.04 Å².